The Labute approximate surface area is 113 Å². The van der Waals surface area contributed by atoms with E-state index < -0.39 is 0 Å². The summed E-state index contributed by atoms with van der Waals surface area (Å²) >= 11 is 0. The fourth-order valence-electron chi connectivity index (χ4n) is 1.83. The average molecular weight is 258 g/mol. The maximum Gasteiger partial charge on any atom is 0.233 e. The van der Waals surface area contributed by atoms with Crippen LogP contribution in [0.4, 0.5) is 11.5 Å². The number of para-hydroxylation sites is 1. The van der Waals surface area contributed by atoms with E-state index in [4.69, 9.17) is 10.5 Å². The van der Waals surface area contributed by atoms with Crippen molar-refractivity contribution in [2.24, 2.45) is 0 Å². The molecule has 0 saturated carbocycles. The summed E-state index contributed by atoms with van der Waals surface area (Å²) in [4.78, 5) is 10.6. The minimum absolute atomic E-state index is 0.511. The molecule has 2 aromatic rings. The van der Waals surface area contributed by atoms with Crippen molar-refractivity contribution in [1.29, 1.82) is 0 Å². The van der Waals surface area contributed by atoms with Crippen LogP contribution in [0.5, 0.6) is 5.88 Å². The number of benzene rings is 1. The van der Waals surface area contributed by atoms with Crippen LogP contribution in [0.15, 0.2) is 36.7 Å². The second kappa shape index (κ2) is 6.04. The minimum Gasteiger partial charge on any atom is -0.480 e. The van der Waals surface area contributed by atoms with E-state index >= 15 is 0 Å². The Morgan fingerprint density at radius 2 is 2.05 bits per heavy atom. The molecule has 0 bridgehead atoms. The van der Waals surface area contributed by atoms with Gasteiger partial charge in [0.15, 0.2) is 5.82 Å². The van der Waals surface area contributed by atoms with Crippen LogP contribution in [0.25, 0.3) is 0 Å². The highest BCUT2D eigenvalue weighted by atomic mass is 16.5. The third-order valence-corrected chi connectivity index (χ3v) is 2.93. The molecule has 0 radical (unpaired) electrons. The lowest BCUT2D eigenvalue weighted by Gasteiger charge is -2.22. The van der Waals surface area contributed by atoms with E-state index in [0.29, 0.717) is 12.4 Å². The molecule has 0 amide bonds. The Hall–Kier alpha value is -2.30. The van der Waals surface area contributed by atoms with Crippen molar-refractivity contribution in [1.82, 2.24) is 9.97 Å². The lowest BCUT2D eigenvalue weighted by Crippen LogP contribution is -2.23. The molecule has 1 heterocycles. The number of aromatic nitrogens is 2. The van der Waals surface area contributed by atoms with Gasteiger partial charge in [-0.15, -0.1) is 0 Å². The van der Waals surface area contributed by atoms with Crippen molar-refractivity contribution in [2.45, 2.75) is 13.5 Å². The molecular weight excluding hydrogens is 240 g/mol. The predicted octanol–water partition coefficient (Wildman–Crippen LogP) is 2.09. The Bertz CT molecular complexity index is 544. The van der Waals surface area contributed by atoms with Crippen LogP contribution in [0.2, 0.25) is 0 Å². The SMILES string of the molecule is CCN(Cc1ccccc1N)c1cncc(OC)n1. The first-order chi connectivity index (χ1) is 9.24. The second-order valence-corrected chi connectivity index (χ2v) is 4.13. The van der Waals surface area contributed by atoms with Crippen LogP contribution in [-0.2, 0) is 6.54 Å². The standard InChI is InChI=1S/C14H18N4O/c1-3-18(10-11-6-4-5-7-12(11)15)13-8-16-9-14(17-13)19-2/h4-9H,3,10,15H2,1-2H3. The summed E-state index contributed by atoms with van der Waals surface area (Å²) in [5.41, 5.74) is 7.84. The van der Waals surface area contributed by atoms with E-state index in [-0.39, 0.29) is 0 Å². The molecule has 2 rings (SSSR count). The van der Waals surface area contributed by atoms with Gasteiger partial charge in [0.25, 0.3) is 0 Å². The molecule has 19 heavy (non-hydrogen) atoms. The van der Waals surface area contributed by atoms with Crippen LogP contribution in [0.1, 0.15) is 12.5 Å². The molecule has 0 aliphatic carbocycles. The molecule has 5 heteroatoms. The van der Waals surface area contributed by atoms with Crippen molar-refractivity contribution in [3.63, 3.8) is 0 Å². The highest BCUT2D eigenvalue weighted by Crippen LogP contribution is 2.19. The molecule has 0 aliphatic rings. The third kappa shape index (κ3) is 3.13. The third-order valence-electron chi connectivity index (χ3n) is 2.93. The molecule has 5 nitrogen and oxygen atoms in total. The summed E-state index contributed by atoms with van der Waals surface area (Å²) in [5.74, 6) is 1.29. The summed E-state index contributed by atoms with van der Waals surface area (Å²) in [7, 11) is 1.58. The lowest BCUT2D eigenvalue weighted by molar-refractivity contribution is 0.395. The first-order valence-corrected chi connectivity index (χ1v) is 6.19. The Balaban J connectivity index is 2.22. The highest BCUT2D eigenvalue weighted by Gasteiger charge is 2.10. The van der Waals surface area contributed by atoms with Gasteiger partial charge in [-0.05, 0) is 18.6 Å². The summed E-state index contributed by atoms with van der Waals surface area (Å²) in [6.07, 6.45) is 3.32. The summed E-state index contributed by atoms with van der Waals surface area (Å²) in [6, 6.07) is 7.84. The molecule has 0 atom stereocenters. The number of methoxy groups -OCH3 is 1. The zero-order valence-corrected chi connectivity index (χ0v) is 11.2. The Kier molecular flexibility index (Phi) is 4.18. The smallest absolute Gasteiger partial charge is 0.233 e. The monoisotopic (exact) mass is 258 g/mol. The maximum absolute atomic E-state index is 5.97. The van der Waals surface area contributed by atoms with Crippen molar-refractivity contribution >= 4 is 11.5 Å². The van der Waals surface area contributed by atoms with Gasteiger partial charge < -0.3 is 15.4 Å². The van der Waals surface area contributed by atoms with Crippen LogP contribution in [0, 0.1) is 0 Å². The van der Waals surface area contributed by atoms with Gasteiger partial charge in [0, 0.05) is 18.8 Å². The van der Waals surface area contributed by atoms with Crippen molar-refractivity contribution in [2.75, 3.05) is 24.3 Å². The number of hydrogen-bond acceptors (Lipinski definition) is 5. The first-order valence-electron chi connectivity index (χ1n) is 6.19. The minimum atomic E-state index is 0.511. The first kappa shape index (κ1) is 13.1. The van der Waals surface area contributed by atoms with Gasteiger partial charge in [-0.3, -0.25) is 4.98 Å². The van der Waals surface area contributed by atoms with Crippen LogP contribution >= 0.6 is 0 Å². The molecule has 0 saturated heterocycles. The van der Waals surface area contributed by atoms with Crippen LogP contribution in [0.3, 0.4) is 0 Å². The Morgan fingerprint density at radius 1 is 1.26 bits per heavy atom. The number of anilines is 2. The molecule has 0 unspecified atom stereocenters. The van der Waals surface area contributed by atoms with Gasteiger partial charge in [-0.2, -0.15) is 4.98 Å². The number of nitrogens with two attached hydrogens (primary N) is 1. The second-order valence-electron chi connectivity index (χ2n) is 4.13. The van der Waals surface area contributed by atoms with Crippen LogP contribution in [-0.4, -0.2) is 23.6 Å². The van der Waals surface area contributed by atoms with Crippen molar-refractivity contribution < 1.29 is 4.74 Å². The quantitative estimate of drug-likeness (QED) is 0.832. The summed E-state index contributed by atoms with van der Waals surface area (Å²) in [5, 5.41) is 0. The summed E-state index contributed by atoms with van der Waals surface area (Å²) < 4.78 is 5.10. The van der Waals surface area contributed by atoms with E-state index in [1.54, 1.807) is 19.5 Å². The van der Waals surface area contributed by atoms with E-state index in [0.717, 1.165) is 23.6 Å². The number of nitrogens with zero attached hydrogens (tertiary/aromatic N) is 3. The molecule has 1 aromatic heterocycles. The highest BCUT2D eigenvalue weighted by molar-refractivity contribution is 5.49. The largest absolute Gasteiger partial charge is 0.480 e. The van der Waals surface area contributed by atoms with Gasteiger partial charge in [-0.1, -0.05) is 18.2 Å². The molecule has 0 fully saturated rings. The normalized spacial score (nSPS) is 10.2. The fraction of sp³-hybridized carbons (Fsp3) is 0.286. The zero-order valence-electron chi connectivity index (χ0n) is 11.2. The summed E-state index contributed by atoms with van der Waals surface area (Å²) in [6.45, 7) is 3.58. The van der Waals surface area contributed by atoms with Crippen molar-refractivity contribution in [3.05, 3.63) is 42.2 Å². The predicted molar refractivity (Wildman–Crippen MR) is 76.2 cm³/mol. The van der Waals surface area contributed by atoms with E-state index in [2.05, 4.69) is 21.8 Å². The van der Waals surface area contributed by atoms with Crippen molar-refractivity contribution in [3.8, 4) is 5.88 Å². The molecule has 2 N–H and O–H groups in total. The van der Waals surface area contributed by atoms with Gasteiger partial charge in [-0.25, -0.2) is 0 Å². The zero-order chi connectivity index (χ0) is 13.7. The van der Waals surface area contributed by atoms with Crippen LogP contribution < -0.4 is 15.4 Å². The van der Waals surface area contributed by atoms with Gasteiger partial charge in [0.2, 0.25) is 5.88 Å². The molecule has 0 aliphatic heterocycles. The lowest BCUT2D eigenvalue weighted by atomic mass is 10.1. The number of ether oxygens (including phenoxy) is 1. The van der Waals surface area contributed by atoms with E-state index in [1.807, 2.05) is 24.3 Å². The van der Waals surface area contributed by atoms with Gasteiger partial charge in [0.05, 0.1) is 19.5 Å². The fourth-order valence-corrected chi connectivity index (χ4v) is 1.83. The van der Waals surface area contributed by atoms with E-state index in [1.165, 1.54) is 0 Å². The molecule has 100 valence electrons. The molecule has 1 aromatic carbocycles. The van der Waals surface area contributed by atoms with E-state index in [9.17, 15) is 0 Å². The number of rotatable bonds is 5. The number of nitrogen functional groups attached to an aromatic ring is 1. The molecule has 0 spiro atoms. The van der Waals surface area contributed by atoms with Gasteiger partial charge in [0.1, 0.15) is 0 Å². The maximum atomic E-state index is 5.97. The number of hydrogen-bond donors (Lipinski definition) is 1. The molecular formula is C14H18N4O. The Morgan fingerprint density at radius 3 is 2.74 bits per heavy atom. The van der Waals surface area contributed by atoms with Gasteiger partial charge >= 0.3 is 0 Å². The average Bonchev–Trinajstić information content (AvgIpc) is 2.46. The topological polar surface area (TPSA) is 64.3 Å².